The molecule has 0 radical (unpaired) electrons. The number of thiazole rings is 1. The molecule has 0 saturated heterocycles. The third kappa shape index (κ3) is 3.86. The van der Waals surface area contributed by atoms with Crippen molar-refractivity contribution in [3.63, 3.8) is 0 Å². The molecule has 0 saturated carbocycles. The predicted octanol–water partition coefficient (Wildman–Crippen LogP) is 3.42. The highest BCUT2D eigenvalue weighted by Crippen LogP contribution is 2.36. The highest BCUT2D eigenvalue weighted by Gasteiger charge is 2.39. The maximum Gasteiger partial charge on any atom is 0.435 e. The average Bonchev–Trinajstić information content (AvgIpc) is 3.12. The number of carbonyl (C=O) groups excluding carboxylic acids is 1. The molecular weight excluding hydrogens is 353 g/mol. The molecule has 136 valence electrons. The summed E-state index contributed by atoms with van der Waals surface area (Å²) in [5, 5.41) is 8.75. The van der Waals surface area contributed by atoms with Gasteiger partial charge in [-0.3, -0.25) is 9.48 Å². The zero-order valence-corrected chi connectivity index (χ0v) is 14.8. The van der Waals surface area contributed by atoms with Crippen molar-refractivity contribution in [2.45, 2.75) is 58.3 Å². The van der Waals surface area contributed by atoms with Crippen LogP contribution in [0.5, 0.6) is 0 Å². The molecule has 0 aliphatic heterocycles. The largest absolute Gasteiger partial charge is 0.435 e. The molecule has 1 amide bonds. The Morgan fingerprint density at radius 1 is 1.36 bits per heavy atom. The van der Waals surface area contributed by atoms with Crippen molar-refractivity contribution in [2.75, 3.05) is 0 Å². The number of halogens is 3. The second-order valence-electron chi connectivity index (χ2n) is 6.39. The summed E-state index contributed by atoms with van der Waals surface area (Å²) in [6.45, 7) is 3.85. The zero-order valence-electron chi connectivity index (χ0n) is 14.0. The summed E-state index contributed by atoms with van der Waals surface area (Å²) >= 11 is 1.25. The van der Waals surface area contributed by atoms with Crippen molar-refractivity contribution in [3.8, 4) is 0 Å². The van der Waals surface area contributed by atoms with Gasteiger partial charge in [0.15, 0.2) is 5.69 Å². The van der Waals surface area contributed by atoms with Gasteiger partial charge in [0.2, 0.25) is 0 Å². The van der Waals surface area contributed by atoms with E-state index in [0.29, 0.717) is 29.1 Å². The number of alkyl halides is 3. The summed E-state index contributed by atoms with van der Waals surface area (Å²) in [7, 11) is 0. The molecule has 25 heavy (non-hydrogen) atoms. The number of carbonyl (C=O) groups is 1. The van der Waals surface area contributed by atoms with E-state index in [-0.39, 0.29) is 24.2 Å². The Balaban J connectivity index is 1.85. The summed E-state index contributed by atoms with van der Waals surface area (Å²) in [5.74, 6) is -0.282. The molecule has 0 bridgehead atoms. The first kappa shape index (κ1) is 17.9. The van der Waals surface area contributed by atoms with Gasteiger partial charge < -0.3 is 5.32 Å². The molecule has 0 spiro atoms. The normalized spacial score (nSPS) is 14.6. The number of amides is 1. The van der Waals surface area contributed by atoms with Gasteiger partial charge in [0, 0.05) is 22.7 Å². The number of rotatable bonds is 4. The lowest BCUT2D eigenvalue weighted by Crippen LogP contribution is -2.30. The van der Waals surface area contributed by atoms with Crippen LogP contribution in [0.1, 0.15) is 59.1 Å². The quantitative estimate of drug-likeness (QED) is 0.895. The molecule has 2 heterocycles. The Morgan fingerprint density at radius 3 is 2.76 bits per heavy atom. The maximum absolute atomic E-state index is 13.2. The van der Waals surface area contributed by atoms with Crippen LogP contribution >= 0.6 is 11.3 Å². The Hall–Kier alpha value is -1.90. The van der Waals surface area contributed by atoms with Crippen LogP contribution in [-0.2, 0) is 25.6 Å². The first-order valence-corrected chi connectivity index (χ1v) is 9.04. The highest BCUT2D eigenvalue weighted by molar-refractivity contribution is 7.09. The SMILES string of the molecule is CC(C)NC(=O)c1csc(Cn2nc(C(F)(F)F)c3c2CCCC3)n1. The van der Waals surface area contributed by atoms with Gasteiger partial charge in [-0.1, -0.05) is 0 Å². The second kappa shape index (κ2) is 6.78. The Kier molecular flexibility index (Phi) is 4.86. The first-order valence-electron chi connectivity index (χ1n) is 8.16. The van der Waals surface area contributed by atoms with E-state index in [4.69, 9.17) is 0 Å². The standard InChI is InChI=1S/C16H19F3N4OS/c1-9(2)20-15(24)11-8-25-13(21-11)7-23-12-6-4-3-5-10(12)14(22-23)16(17,18)19/h8-9H,3-7H2,1-2H3,(H,20,24). The van der Waals surface area contributed by atoms with Crippen LogP contribution in [0.3, 0.4) is 0 Å². The minimum absolute atomic E-state index is 0.00914. The fraction of sp³-hybridized carbons (Fsp3) is 0.562. The molecular formula is C16H19F3N4OS. The maximum atomic E-state index is 13.2. The Morgan fingerprint density at radius 2 is 2.08 bits per heavy atom. The summed E-state index contributed by atoms with van der Waals surface area (Å²) in [5.41, 5.74) is 0.456. The molecule has 2 aromatic rings. The number of nitrogens with one attached hydrogen (secondary N) is 1. The lowest BCUT2D eigenvalue weighted by Gasteiger charge is -2.14. The van der Waals surface area contributed by atoms with E-state index >= 15 is 0 Å². The minimum atomic E-state index is -4.45. The molecule has 0 atom stereocenters. The molecule has 0 unspecified atom stereocenters. The van der Waals surface area contributed by atoms with Crippen LogP contribution in [0.15, 0.2) is 5.38 Å². The molecule has 0 aromatic carbocycles. The zero-order chi connectivity index (χ0) is 18.2. The van der Waals surface area contributed by atoms with Crippen LogP contribution in [0, 0.1) is 0 Å². The van der Waals surface area contributed by atoms with Crippen LogP contribution in [0.2, 0.25) is 0 Å². The molecule has 2 aromatic heterocycles. The average molecular weight is 372 g/mol. The lowest BCUT2D eigenvalue weighted by atomic mass is 9.95. The molecule has 0 fully saturated rings. The van der Waals surface area contributed by atoms with Gasteiger partial charge in [-0.25, -0.2) is 4.98 Å². The van der Waals surface area contributed by atoms with Crippen LogP contribution in [0.25, 0.3) is 0 Å². The van der Waals surface area contributed by atoms with Gasteiger partial charge in [-0.05, 0) is 39.5 Å². The first-order chi connectivity index (χ1) is 11.8. The molecule has 9 heteroatoms. The second-order valence-corrected chi connectivity index (χ2v) is 7.33. The van der Waals surface area contributed by atoms with Gasteiger partial charge in [0.25, 0.3) is 5.91 Å². The van der Waals surface area contributed by atoms with Gasteiger partial charge in [-0.15, -0.1) is 11.3 Å². The van der Waals surface area contributed by atoms with E-state index < -0.39 is 11.9 Å². The van der Waals surface area contributed by atoms with Crippen molar-refractivity contribution in [1.29, 1.82) is 0 Å². The van der Waals surface area contributed by atoms with Crippen molar-refractivity contribution in [1.82, 2.24) is 20.1 Å². The predicted molar refractivity (Wildman–Crippen MR) is 87.7 cm³/mol. The van der Waals surface area contributed by atoms with Gasteiger partial charge in [-0.2, -0.15) is 18.3 Å². The Labute approximate surface area is 147 Å². The number of aromatic nitrogens is 3. The van der Waals surface area contributed by atoms with Crippen molar-refractivity contribution >= 4 is 17.2 Å². The minimum Gasteiger partial charge on any atom is -0.349 e. The summed E-state index contributed by atoms with van der Waals surface area (Å²) in [4.78, 5) is 16.2. The van der Waals surface area contributed by atoms with Crippen LogP contribution in [0.4, 0.5) is 13.2 Å². The van der Waals surface area contributed by atoms with E-state index in [1.54, 1.807) is 5.38 Å². The number of hydrogen-bond donors (Lipinski definition) is 1. The lowest BCUT2D eigenvalue weighted by molar-refractivity contribution is -0.142. The van der Waals surface area contributed by atoms with Crippen molar-refractivity contribution in [2.24, 2.45) is 0 Å². The van der Waals surface area contributed by atoms with Crippen molar-refractivity contribution in [3.05, 3.63) is 33.0 Å². The van der Waals surface area contributed by atoms with Crippen LogP contribution in [-0.4, -0.2) is 26.7 Å². The third-order valence-electron chi connectivity index (χ3n) is 4.01. The molecule has 3 rings (SSSR count). The summed E-state index contributed by atoms with van der Waals surface area (Å²) < 4.78 is 41.1. The highest BCUT2D eigenvalue weighted by atomic mass is 32.1. The van der Waals surface area contributed by atoms with E-state index in [0.717, 1.165) is 12.8 Å². The molecule has 5 nitrogen and oxygen atoms in total. The smallest absolute Gasteiger partial charge is 0.349 e. The van der Waals surface area contributed by atoms with Gasteiger partial charge in [0.1, 0.15) is 10.7 Å². The van der Waals surface area contributed by atoms with Crippen molar-refractivity contribution < 1.29 is 18.0 Å². The summed E-state index contributed by atoms with van der Waals surface area (Å²) in [6, 6.07) is -0.00914. The summed E-state index contributed by atoms with van der Waals surface area (Å²) in [6.07, 6.45) is -1.85. The third-order valence-corrected chi connectivity index (χ3v) is 4.85. The molecule has 1 aliphatic carbocycles. The van der Waals surface area contributed by atoms with E-state index in [1.807, 2.05) is 13.8 Å². The van der Waals surface area contributed by atoms with E-state index in [1.165, 1.54) is 16.0 Å². The number of nitrogens with zero attached hydrogens (tertiary/aromatic N) is 3. The fourth-order valence-corrected chi connectivity index (χ4v) is 3.74. The van der Waals surface area contributed by atoms with E-state index in [9.17, 15) is 18.0 Å². The van der Waals surface area contributed by atoms with Crippen LogP contribution < -0.4 is 5.32 Å². The number of fused-ring (bicyclic) bond motifs is 1. The Bertz CT molecular complexity index is 779. The number of hydrogen-bond acceptors (Lipinski definition) is 4. The molecule has 1 N–H and O–H groups in total. The molecule has 1 aliphatic rings. The topological polar surface area (TPSA) is 59.8 Å². The monoisotopic (exact) mass is 372 g/mol. The van der Waals surface area contributed by atoms with Gasteiger partial charge >= 0.3 is 6.18 Å². The fourth-order valence-electron chi connectivity index (χ4n) is 2.98. The van der Waals surface area contributed by atoms with E-state index in [2.05, 4.69) is 15.4 Å². The van der Waals surface area contributed by atoms with Gasteiger partial charge in [0.05, 0.1) is 6.54 Å².